The normalized spacial score (nSPS) is 11.6. The van der Waals surface area contributed by atoms with E-state index in [1.54, 1.807) is 0 Å². The summed E-state index contributed by atoms with van der Waals surface area (Å²) in [5.74, 6) is 0.780. The molecule has 0 bridgehead atoms. The van der Waals surface area contributed by atoms with Gasteiger partial charge < -0.3 is 4.98 Å². The third-order valence-electron chi connectivity index (χ3n) is 5.28. The molecular formula is C24H16N4. The quantitative estimate of drug-likeness (QED) is 0.402. The van der Waals surface area contributed by atoms with E-state index in [-0.39, 0.29) is 0 Å². The number of benzene rings is 4. The average molecular weight is 360 g/mol. The second-order valence-electron chi connectivity index (χ2n) is 6.96. The smallest absolute Gasteiger partial charge is 0.159 e. The highest BCUT2D eigenvalue weighted by Crippen LogP contribution is 2.32. The molecule has 28 heavy (non-hydrogen) atoms. The lowest BCUT2D eigenvalue weighted by molar-refractivity contribution is 1.11. The van der Waals surface area contributed by atoms with Crippen molar-refractivity contribution in [2.24, 2.45) is 0 Å². The van der Waals surface area contributed by atoms with Crippen molar-refractivity contribution in [2.45, 2.75) is 0 Å². The first-order valence-corrected chi connectivity index (χ1v) is 9.28. The van der Waals surface area contributed by atoms with Gasteiger partial charge in [-0.2, -0.15) is 5.10 Å². The third-order valence-corrected chi connectivity index (χ3v) is 5.28. The van der Waals surface area contributed by atoms with Crippen LogP contribution in [0, 0.1) is 0 Å². The Bertz CT molecular complexity index is 1470. The fourth-order valence-corrected chi connectivity index (χ4v) is 3.91. The lowest BCUT2D eigenvalue weighted by atomic mass is 9.98. The van der Waals surface area contributed by atoms with Gasteiger partial charge in [0, 0.05) is 5.39 Å². The maximum absolute atomic E-state index is 4.76. The Hall–Kier alpha value is -3.92. The molecule has 0 spiro atoms. The second kappa shape index (κ2) is 5.79. The Labute approximate surface area is 160 Å². The van der Waals surface area contributed by atoms with E-state index >= 15 is 0 Å². The molecule has 0 amide bonds. The lowest BCUT2D eigenvalue weighted by Gasteiger charge is -2.06. The first-order valence-electron chi connectivity index (χ1n) is 9.28. The van der Waals surface area contributed by atoms with Crippen LogP contribution in [-0.2, 0) is 0 Å². The number of nitrogens with zero attached hydrogens (tertiary/aromatic N) is 2. The molecule has 0 radical (unpaired) electrons. The van der Waals surface area contributed by atoms with Crippen LogP contribution in [0.5, 0.6) is 0 Å². The summed E-state index contributed by atoms with van der Waals surface area (Å²) < 4.78 is 0. The van der Waals surface area contributed by atoms with Crippen LogP contribution in [0.2, 0.25) is 0 Å². The van der Waals surface area contributed by atoms with Crippen LogP contribution in [0.25, 0.3) is 55.4 Å². The van der Waals surface area contributed by atoms with Gasteiger partial charge in [0.2, 0.25) is 0 Å². The standard InChI is InChI=1S/C24H16N4/c1-2-8-17-15(6-1)7-5-10-18(17)16-12-13-21-22(14-16)26-24(25-21)23-19-9-3-4-11-20(19)27-28-23/h1-14H,(H,25,26)(H,27,28). The van der Waals surface area contributed by atoms with Crippen molar-refractivity contribution in [1.29, 1.82) is 0 Å². The van der Waals surface area contributed by atoms with E-state index in [1.165, 1.54) is 21.9 Å². The van der Waals surface area contributed by atoms with Crippen LogP contribution >= 0.6 is 0 Å². The molecule has 0 unspecified atom stereocenters. The predicted octanol–water partition coefficient (Wildman–Crippen LogP) is 5.93. The lowest BCUT2D eigenvalue weighted by Crippen LogP contribution is -1.81. The van der Waals surface area contributed by atoms with Gasteiger partial charge in [-0.15, -0.1) is 0 Å². The van der Waals surface area contributed by atoms with Crippen molar-refractivity contribution >= 4 is 32.7 Å². The Kier molecular flexibility index (Phi) is 3.14. The number of rotatable bonds is 2. The fourth-order valence-electron chi connectivity index (χ4n) is 3.91. The van der Waals surface area contributed by atoms with Gasteiger partial charge >= 0.3 is 0 Å². The summed E-state index contributed by atoms with van der Waals surface area (Å²) in [6, 6.07) is 29.4. The Balaban J connectivity index is 1.52. The van der Waals surface area contributed by atoms with Gasteiger partial charge in [-0.3, -0.25) is 5.10 Å². The molecule has 2 N–H and O–H groups in total. The number of hydrogen-bond acceptors (Lipinski definition) is 2. The summed E-state index contributed by atoms with van der Waals surface area (Å²) >= 11 is 0. The molecule has 0 aliphatic heterocycles. The first kappa shape index (κ1) is 15.2. The van der Waals surface area contributed by atoms with E-state index in [2.05, 4.69) is 81.9 Å². The number of fused-ring (bicyclic) bond motifs is 3. The van der Waals surface area contributed by atoms with Crippen LogP contribution < -0.4 is 0 Å². The van der Waals surface area contributed by atoms with Crippen molar-refractivity contribution in [3.63, 3.8) is 0 Å². The van der Waals surface area contributed by atoms with E-state index < -0.39 is 0 Å². The van der Waals surface area contributed by atoms with Crippen LogP contribution in [-0.4, -0.2) is 20.2 Å². The van der Waals surface area contributed by atoms with Crippen LogP contribution in [0.4, 0.5) is 0 Å². The molecule has 0 aliphatic rings. The van der Waals surface area contributed by atoms with E-state index in [0.717, 1.165) is 33.5 Å². The van der Waals surface area contributed by atoms with Crippen molar-refractivity contribution in [3.05, 3.63) is 84.9 Å². The number of nitrogens with one attached hydrogen (secondary N) is 2. The van der Waals surface area contributed by atoms with Crippen molar-refractivity contribution in [2.75, 3.05) is 0 Å². The van der Waals surface area contributed by atoms with E-state index in [4.69, 9.17) is 4.98 Å². The SMILES string of the molecule is c1ccc2c(-c3ccc4nc(-c5n[nH]c6ccccc56)[nH]c4c3)cccc2c1. The summed E-state index contributed by atoms with van der Waals surface area (Å²) in [6.07, 6.45) is 0. The molecule has 0 aliphatic carbocycles. The largest absolute Gasteiger partial charge is 0.337 e. The zero-order valence-corrected chi connectivity index (χ0v) is 15.0. The highest BCUT2D eigenvalue weighted by molar-refractivity contribution is 5.99. The molecule has 6 rings (SSSR count). The van der Waals surface area contributed by atoms with Gasteiger partial charge in [0.15, 0.2) is 5.82 Å². The fraction of sp³-hybridized carbons (Fsp3) is 0. The minimum atomic E-state index is 0.780. The second-order valence-corrected chi connectivity index (χ2v) is 6.96. The summed E-state index contributed by atoms with van der Waals surface area (Å²) in [6.45, 7) is 0. The Morgan fingerprint density at radius 2 is 1.50 bits per heavy atom. The highest BCUT2D eigenvalue weighted by Gasteiger charge is 2.13. The maximum atomic E-state index is 4.76. The predicted molar refractivity (Wildman–Crippen MR) is 114 cm³/mol. The number of H-pyrrole nitrogens is 2. The van der Waals surface area contributed by atoms with Gasteiger partial charge in [-0.05, 0) is 40.1 Å². The summed E-state index contributed by atoms with van der Waals surface area (Å²) in [7, 11) is 0. The average Bonchev–Trinajstić information content (AvgIpc) is 3.36. The Morgan fingerprint density at radius 3 is 2.46 bits per heavy atom. The van der Waals surface area contributed by atoms with Gasteiger partial charge in [0.25, 0.3) is 0 Å². The minimum Gasteiger partial charge on any atom is -0.337 e. The van der Waals surface area contributed by atoms with Crippen LogP contribution in [0.15, 0.2) is 84.9 Å². The molecular weight excluding hydrogens is 344 g/mol. The number of aromatic amines is 2. The number of imidazole rings is 1. The summed E-state index contributed by atoms with van der Waals surface area (Å²) in [4.78, 5) is 8.22. The molecule has 0 atom stereocenters. The van der Waals surface area contributed by atoms with E-state index in [1.807, 2.05) is 18.2 Å². The Morgan fingerprint density at radius 1 is 0.679 bits per heavy atom. The van der Waals surface area contributed by atoms with Crippen LogP contribution in [0.3, 0.4) is 0 Å². The molecule has 132 valence electrons. The molecule has 0 fully saturated rings. The topological polar surface area (TPSA) is 57.4 Å². The molecule has 4 heteroatoms. The highest BCUT2D eigenvalue weighted by atomic mass is 15.1. The third kappa shape index (κ3) is 2.25. The monoisotopic (exact) mass is 360 g/mol. The minimum absolute atomic E-state index is 0.780. The molecule has 4 aromatic carbocycles. The number of hydrogen-bond donors (Lipinski definition) is 2. The summed E-state index contributed by atoms with van der Waals surface area (Å²) in [5, 5.41) is 11.1. The van der Waals surface area contributed by atoms with Gasteiger partial charge in [-0.1, -0.05) is 66.7 Å². The molecule has 2 aromatic heterocycles. The molecule has 6 aromatic rings. The zero-order valence-electron chi connectivity index (χ0n) is 15.0. The van der Waals surface area contributed by atoms with Crippen molar-refractivity contribution in [3.8, 4) is 22.6 Å². The van der Waals surface area contributed by atoms with E-state index in [9.17, 15) is 0 Å². The molecule has 4 nitrogen and oxygen atoms in total. The van der Waals surface area contributed by atoms with Gasteiger partial charge in [0.05, 0.1) is 16.6 Å². The number of aromatic nitrogens is 4. The van der Waals surface area contributed by atoms with E-state index in [0.29, 0.717) is 0 Å². The molecule has 0 saturated heterocycles. The van der Waals surface area contributed by atoms with Crippen molar-refractivity contribution in [1.82, 2.24) is 20.2 Å². The van der Waals surface area contributed by atoms with Gasteiger partial charge in [-0.25, -0.2) is 4.98 Å². The van der Waals surface area contributed by atoms with Gasteiger partial charge in [0.1, 0.15) is 5.69 Å². The summed E-state index contributed by atoms with van der Waals surface area (Å²) in [5.41, 5.74) is 6.19. The van der Waals surface area contributed by atoms with Crippen LogP contribution in [0.1, 0.15) is 0 Å². The first-order chi connectivity index (χ1) is 13.9. The number of para-hydroxylation sites is 1. The van der Waals surface area contributed by atoms with Crippen molar-refractivity contribution < 1.29 is 0 Å². The zero-order chi connectivity index (χ0) is 18.5. The maximum Gasteiger partial charge on any atom is 0.159 e. The molecule has 2 heterocycles. The molecule has 0 saturated carbocycles.